The first-order chi connectivity index (χ1) is 11.9. The zero-order valence-corrected chi connectivity index (χ0v) is 13.4. The zero-order chi connectivity index (χ0) is 18.1. The second kappa shape index (κ2) is 6.24. The summed E-state index contributed by atoms with van der Waals surface area (Å²) in [7, 11) is 0. The van der Waals surface area contributed by atoms with Crippen molar-refractivity contribution >= 4 is 16.7 Å². The van der Waals surface area contributed by atoms with Crippen LogP contribution in [0.15, 0.2) is 42.5 Å². The molecule has 0 aliphatic heterocycles. The predicted octanol–water partition coefficient (Wildman–Crippen LogP) is 3.51. The molecule has 0 fully saturated rings. The number of ether oxygens (including phenoxy) is 1. The van der Waals surface area contributed by atoms with E-state index in [-0.39, 0.29) is 35.2 Å². The molecule has 0 amide bonds. The highest BCUT2D eigenvalue weighted by Crippen LogP contribution is 2.39. The van der Waals surface area contributed by atoms with Crippen molar-refractivity contribution in [3.05, 3.63) is 48.0 Å². The molecular formula is C19H16O6. The number of benzene rings is 3. The van der Waals surface area contributed by atoms with E-state index in [0.29, 0.717) is 21.9 Å². The summed E-state index contributed by atoms with van der Waals surface area (Å²) in [5, 5.41) is 39.9. The summed E-state index contributed by atoms with van der Waals surface area (Å²) in [5.41, 5.74) is 1.32. The van der Waals surface area contributed by atoms with Gasteiger partial charge in [-0.25, -0.2) is 4.79 Å². The number of carbonyl (C=O) groups is 1. The Balaban J connectivity index is 2.31. The molecule has 3 aromatic rings. The molecule has 6 nitrogen and oxygen atoms in total. The Bertz CT molecular complexity index is 977. The molecule has 6 heteroatoms. The van der Waals surface area contributed by atoms with Crippen molar-refractivity contribution in [3.8, 4) is 34.1 Å². The van der Waals surface area contributed by atoms with Gasteiger partial charge in [-0.3, -0.25) is 0 Å². The van der Waals surface area contributed by atoms with Gasteiger partial charge < -0.3 is 25.2 Å². The Morgan fingerprint density at radius 2 is 1.56 bits per heavy atom. The van der Waals surface area contributed by atoms with Crippen LogP contribution in [0.1, 0.15) is 17.3 Å². The van der Waals surface area contributed by atoms with Gasteiger partial charge in [0.25, 0.3) is 0 Å². The normalized spacial score (nSPS) is 10.8. The molecule has 0 bridgehead atoms. The van der Waals surface area contributed by atoms with E-state index in [4.69, 9.17) is 4.74 Å². The Labute approximate surface area is 143 Å². The number of hydrogen-bond donors (Lipinski definition) is 4. The van der Waals surface area contributed by atoms with E-state index in [0.717, 1.165) is 0 Å². The largest absolute Gasteiger partial charge is 0.504 e. The van der Waals surface area contributed by atoms with Crippen molar-refractivity contribution in [2.75, 3.05) is 6.61 Å². The highest BCUT2D eigenvalue weighted by Gasteiger charge is 2.15. The minimum absolute atomic E-state index is 0.215. The van der Waals surface area contributed by atoms with Gasteiger partial charge in [0.1, 0.15) is 0 Å². The molecule has 3 aromatic carbocycles. The molecule has 0 atom stereocenters. The van der Waals surface area contributed by atoms with Gasteiger partial charge in [-0.05, 0) is 65.2 Å². The minimum atomic E-state index is -0.527. The molecule has 0 unspecified atom stereocenters. The first kappa shape index (κ1) is 16.4. The van der Waals surface area contributed by atoms with E-state index in [9.17, 15) is 25.2 Å². The van der Waals surface area contributed by atoms with Crippen molar-refractivity contribution in [1.82, 2.24) is 0 Å². The predicted molar refractivity (Wildman–Crippen MR) is 92.0 cm³/mol. The molecule has 128 valence electrons. The third-order valence-corrected chi connectivity index (χ3v) is 3.85. The summed E-state index contributed by atoms with van der Waals surface area (Å²) in [5.74, 6) is -1.72. The van der Waals surface area contributed by atoms with Crippen LogP contribution < -0.4 is 0 Å². The van der Waals surface area contributed by atoms with Crippen LogP contribution in [0.3, 0.4) is 0 Å². The first-order valence-corrected chi connectivity index (χ1v) is 7.60. The summed E-state index contributed by atoms with van der Waals surface area (Å²) < 4.78 is 5.02. The average Bonchev–Trinajstić information content (AvgIpc) is 2.58. The van der Waals surface area contributed by atoms with Crippen LogP contribution in [0.5, 0.6) is 23.0 Å². The fraction of sp³-hybridized carbons (Fsp3) is 0.105. The molecule has 0 aromatic heterocycles. The second-order valence-electron chi connectivity index (χ2n) is 5.51. The molecule has 25 heavy (non-hydrogen) atoms. The van der Waals surface area contributed by atoms with E-state index < -0.39 is 5.97 Å². The molecule has 0 aliphatic rings. The van der Waals surface area contributed by atoms with Crippen LogP contribution in [-0.4, -0.2) is 33.0 Å². The van der Waals surface area contributed by atoms with Gasteiger partial charge in [-0.15, -0.1) is 0 Å². The fourth-order valence-corrected chi connectivity index (χ4v) is 2.65. The lowest BCUT2D eigenvalue weighted by atomic mass is 9.95. The highest BCUT2D eigenvalue weighted by molar-refractivity contribution is 6.04. The van der Waals surface area contributed by atoms with Crippen molar-refractivity contribution in [2.45, 2.75) is 6.92 Å². The van der Waals surface area contributed by atoms with E-state index in [1.54, 1.807) is 25.1 Å². The standard InChI is InChI=1S/C19H16O6/c1-2-25-19(24)12-5-11-8-17(22)18(23)9-14(11)13(6-12)10-3-4-15(20)16(21)7-10/h3-9,20-23H,2H2,1H3. The van der Waals surface area contributed by atoms with Crippen LogP contribution in [-0.2, 0) is 4.74 Å². The highest BCUT2D eigenvalue weighted by atomic mass is 16.5. The van der Waals surface area contributed by atoms with E-state index >= 15 is 0 Å². The van der Waals surface area contributed by atoms with Crippen molar-refractivity contribution in [3.63, 3.8) is 0 Å². The summed E-state index contributed by atoms with van der Waals surface area (Å²) >= 11 is 0. The molecule has 0 spiro atoms. The van der Waals surface area contributed by atoms with Gasteiger partial charge in [-0.2, -0.15) is 0 Å². The second-order valence-corrected chi connectivity index (χ2v) is 5.51. The van der Waals surface area contributed by atoms with Gasteiger partial charge in [0.05, 0.1) is 12.2 Å². The van der Waals surface area contributed by atoms with E-state index in [1.807, 2.05) is 0 Å². The maximum absolute atomic E-state index is 12.1. The smallest absolute Gasteiger partial charge is 0.338 e. The zero-order valence-electron chi connectivity index (χ0n) is 13.4. The SMILES string of the molecule is CCOC(=O)c1cc(-c2ccc(O)c(O)c2)c2cc(O)c(O)cc2c1. The van der Waals surface area contributed by atoms with Crippen molar-refractivity contribution < 1.29 is 30.0 Å². The maximum Gasteiger partial charge on any atom is 0.338 e. The Morgan fingerprint density at radius 1 is 0.880 bits per heavy atom. The summed E-state index contributed by atoms with van der Waals surface area (Å²) in [6, 6.07) is 10.1. The topological polar surface area (TPSA) is 107 Å². The molecule has 4 N–H and O–H groups in total. The third-order valence-electron chi connectivity index (χ3n) is 3.85. The fourth-order valence-electron chi connectivity index (χ4n) is 2.65. The van der Waals surface area contributed by atoms with Crippen LogP contribution in [0.4, 0.5) is 0 Å². The number of phenols is 4. The number of carbonyl (C=O) groups excluding carboxylic acids is 1. The molecule has 0 heterocycles. The molecular weight excluding hydrogens is 324 g/mol. The number of esters is 1. The van der Waals surface area contributed by atoms with Crippen LogP contribution in [0.2, 0.25) is 0 Å². The summed E-state index contributed by atoms with van der Waals surface area (Å²) in [6.45, 7) is 1.91. The Morgan fingerprint density at radius 3 is 2.24 bits per heavy atom. The van der Waals surface area contributed by atoms with Crippen LogP contribution >= 0.6 is 0 Å². The average molecular weight is 340 g/mol. The summed E-state index contributed by atoms with van der Waals surface area (Å²) in [6.07, 6.45) is 0. The number of fused-ring (bicyclic) bond motifs is 1. The third kappa shape index (κ3) is 3.01. The molecule has 0 aliphatic carbocycles. The number of aromatic hydroxyl groups is 4. The van der Waals surface area contributed by atoms with Crippen LogP contribution in [0, 0.1) is 0 Å². The van der Waals surface area contributed by atoms with E-state index in [2.05, 4.69) is 0 Å². The van der Waals surface area contributed by atoms with Crippen molar-refractivity contribution in [1.29, 1.82) is 0 Å². The number of hydrogen-bond acceptors (Lipinski definition) is 6. The maximum atomic E-state index is 12.1. The lowest BCUT2D eigenvalue weighted by Gasteiger charge is -2.12. The Hall–Kier alpha value is -3.41. The van der Waals surface area contributed by atoms with Gasteiger partial charge >= 0.3 is 5.97 Å². The number of rotatable bonds is 3. The van der Waals surface area contributed by atoms with Gasteiger partial charge in [0, 0.05) is 0 Å². The lowest BCUT2D eigenvalue weighted by molar-refractivity contribution is 0.0526. The Kier molecular flexibility index (Phi) is 4.10. The van der Waals surface area contributed by atoms with Crippen LogP contribution in [0.25, 0.3) is 21.9 Å². The van der Waals surface area contributed by atoms with Gasteiger partial charge in [0.15, 0.2) is 23.0 Å². The summed E-state index contributed by atoms with van der Waals surface area (Å²) in [4.78, 5) is 12.1. The minimum Gasteiger partial charge on any atom is -0.504 e. The monoisotopic (exact) mass is 340 g/mol. The van der Waals surface area contributed by atoms with Gasteiger partial charge in [0.2, 0.25) is 0 Å². The molecule has 0 saturated heterocycles. The quantitative estimate of drug-likeness (QED) is 0.429. The first-order valence-electron chi connectivity index (χ1n) is 7.60. The molecule has 0 radical (unpaired) electrons. The number of phenolic OH excluding ortho intramolecular Hbond substituents is 4. The van der Waals surface area contributed by atoms with Crippen molar-refractivity contribution in [2.24, 2.45) is 0 Å². The molecule has 3 rings (SSSR count). The lowest BCUT2D eigenvalue weighted by Crippen LogP contribution is -2.05. The molecule has 0 saturated carbocycles. The van der Waals surface area contributed by atoms with E-state index in [1.165, 1.54) is 24.3 Å². The van der Waals surface area contributed by atoms with Gasteiger partial charge in [-0.1, -0.05) is 6.07 Å².